The number of aryl methyl sites for hydroxylation is 1. The lowest BCUT2D eigenvalue weighted by molar-refractivity contribution is -0.124. The lowest BCUT2D eigenvalue weighted by atomic mass is 9.77. The van der Waals surface area contributed by atoms with E-state index in [9.17, 15) is 4.79 Å². The summed E-state index contributed by atoms with van der Waals surface area (Å²) >= 11 is 0. The van der Waals surface area contributed by atoms with E-state index < -0.39 is 0 Å². The van der Waals surface area contributed by atoms with Gasteiger partial charge in [-0.2, -0.15) is 5.10 Å². The molecular formula is C16H26N4O. The first kappa shape index (κ1) is 14.6. The lowest BCUT2D eigenvalue weighted by Crippen LogP contribution is -2.55. The van der Waals surface area contributed by atoms with Crippen LogP contribution in [0.1, 0.15) is 44.9 Å². The second-order valence-electron chi connectivity index (χ2n) is 6.36. The quantitative estimate of drug-likeness (QED) is 0.812. The molecule has 3 atom stereocenters. The number of piperidine rings is 1. The highest BCUT2D eigenvalue weighted by Gasteiger charge is 2.34. The van der Waals surface area contributed by atoms with E-state index in [1.165, 1.54) is 32.1 Å². The Morgan fingerprint density at radius 1 is 1.29 bits per heavy atom. The fourth-order valence-corrected chi connectivity index (χ4v) is 3.71. The molecular weight excluding hydrogens is 264 g/mol. The van der Waals surface area contributed by atoms with Crippen molar-refractivity contribution in [3.8, 4) is 0 Å². The van der Waals surface area contributed by atoms with Crippen LogP contribution in [0.25, 0.3) is 0 Å². The number of carbonyl (C=O) groups excluding carboxylic acids is 1. The predicted molar refractivity (Wildman–Crippen MR) is 81.8 cm³/mol. The van der Waals surface area contributed by atoms with Crippen LogP contribution in [0, 0.1) is 5.92 Å². The number of rotatable bonds is 5. The van der Waals surface area contributed by atoms with Crippen molar-refractivity contribution in [2.24, 2.45) is 5.92 Å². The first-order chi connectivity index (χ1) is 10.3. The Morgan fingerprint density at radius 2 is 2.19 bits per heavy atom. The normalized spacial score (nSPS) is 28.9. The van der Waals surface area contributed by atoms with E-state index in [2.05, 4.69) is 15.7 Å². The molecule has 21 heavy (non-hydrogen) atoms. The average molecular weight is 290 g/mol. The molecule has 0 aromatic carbocycles. The third-order valence-corrected chi connectivity index (χ3v) is 4.89. The van der Waals surface area contributed by atoms with Gasteiger partial charge in [-0.15, -0.1) is 0 Å². The van der Waals surface area contributed by atoms with Crippen LogP contribution < -0.4 is 10.6 Å². The molecule has 2 fully saturated rings. The summed E-state index contributed by atoms with van der Waals surface area (Å²) in [4.78, 5) is 12.2. The van der Waals surface area contributed by atoms with E-state index >= 15 is 0 Å². The monoisotopic (exact) mass is 290 g/mol. The summed E-state index contributed by atoms with van der Waals surface area (Å²) in [5.74, 6) is 0.988. The Bertz CT molecular complexity index is 445. The number of carbonyl (C=O) groups is 1. The third kappa shape index (κ3) is 3.84. The smallest absolute Gasteiger partial charge is 0.237 e. The summed E-state index contributed by atoms with van der Waals surface area (Å²) in [7, 11) is 0. The largest absolute Gasteiger partial charge is 0.355 e. The van der Waals surface area contributed by atoms with Gasteiger partial charge in [0.1, 0.15) is 0 Å². The molecule has 5 nitrogen and oxygen atoms in total. The molecule has 3 unspecified atom stereocenters. The van der Waals surface area contributed by atoms with Crippen molar-refractivity contribution in [2.75, 3.05) is 6.54 Å². The van der Waals surface area contributed by atoms with Crippen LogP contribution >= 0.6 is 0 Å². The molecule has 1 aromatic heterocycles. The minimum Gasteiger partial charge on any atom is -0.355 e. The van der Waals surface area contributed by atoms with Gasteiger partial charge >= 0.3 is 0 Å². The second-order valence-corrected chi connectivity index (χ2v) is 6.36. The molecule has 0 spiro atoms. The van der Waals surface area contributed by atoms with Gasteiger partial charge in [-0.25, -0.2) is 0 Å². The summed E-state index contributed by atoms with van der Waals surface area (Å²) < 4.78 is 1.90. The van der Waals surface area contributed by atoms with Gasteiger partial charge in [-0.1, -0.05) is 12.8 Å². The van der Waals surface area contributed by atoms with Crippen LogP contribution in [-0.2, 0) is 11.3 Å². The Labute approximate surface area is 126 Å². The summed E-state index contributed by atoms with van der Waals surface area (Å²) in [6, 6.07) is 2.52. The van der Waals surface area contributed by atoms with Crippen LogP contribution in [0.2, 0.25) is 0 Å². The minimum atomic E-state index is 0.0223. The van der Waals surface area contributed by atoms with Crippen molar-refractivity contribution in [1.29, 1.82) is 0 Å². The number of aromatic nitrogens is 2. The average Bonchev–Trinajstić information content (AvgIpc) is 3.04. The van der Waals surface area contributed by atoms with Crippen molar-refractivity contribution in [3.63, 3.8) is 0 Å². The van der Waals surface area contributed by atoms with Crippen LogP contribution in [0.5, 0.6) is 0 Å². The number of nitrogens with one attached hydrogen (secondary N) is 2. The Morgan fingerprint density at radius 3 is 3.05 bits per heavy atom. The van der Waals surface area contributed by atoms with E-state index in [1.807, 2.05) is 16.9 Å². The SMILES string of the molecule is O=C(NCCCn1cccn1)C1CCC2CCCCC2N1. The van der Waals surface area contributed by atoms with E-state index in [0.717, 1.165) is 31.8 Å². The molecule has 1 saturated carbocycles. The van der Waals surface area contributed by atoms with Gasteiger partial charge in [0.15, 0.2) is 0 Å². The summed E-state index contributed by atoms with van der Waals surface area (Å²) in [5, 5.41) is 10.8. The van der Waals surface area contributed by atoms with Gasteiger partial charge in [0.2, 0.25) is 5.91 Å². The van der Waals surface area contributed by atoms with Crippen LogP contribution in [-0.4, -0.2) is 34.3 Å². The summed E-state index contributed by atoms with van der Waals surface area (Å²) in [6.45, 7) is 1.58. The van der Waals surface area contributed by atoms with E-state index in [4.69, 9.17) is 0 Å². The number of amides is 1. The van der Waals surface area contributed by atoms with Crippen LogP contribution in [0.15, 0.2) is 18.5 Å². The highest BCUT2D eigenvalue weighted by molar-refractivity contribution is 5.81. The third-order valence-electron chi connectivity index (χ3n) is 4.89. The molecule has 1 aliphatic carbocycles. The first-order valence-electron chi connectivity index (χ1n) is 8.34. The molecule has 0 radical (unpaired) electrons. The molecule has 1 aromatic rings. The van der Waals surface area contributed by atoms with Gasteiger partial charge in [0, 0.05) is 31.5 Å². The highest BCUT2D eigenvalue weighted by Crippen LogP contribution is 2.32. The van der Waals surface area contributed by atoms with Gasteiger partial charge < -0.3 is 10.6 Å². The number of hydrogen-bond acceptors (Lipinski definition) is 3. The molecule has 116 valence electrons. The summed E-state index contributed by atoms with van der Waals surface area (Å²) in [6.07, 6.45) is 12.1. The minimum absolute atomic E-state index is 0.0223. The van der Waals surface area contributed by atoms with Crippen molar-refractivity contribution >= 4 is 5.91 Å². The highest BCUT2D eigenvalue weighted by atomic mass is 16.2. The Balaban J connectivity index is 1.37. The predicted octanol–water partition coefficient (Wildman–Crippen LogP) is 1.70. The standard InChI is InChI=1S/C16H26N4O/c21-16(17-9-3-11-20-12-4-10-18-20)15-8-7-13-5-1-2-6-14(13)19-15/h4,10,12-15,19H,1-3,5-9,11H2,(H,17,21). The molecule has 2 aliphatic rings. The molecule has 1 saturated heterocycles. The van der Waals surface area contributed by atoms with Crippen molar-refractivity contribution in [1.82, 2.24) is 20.4 Å². The van der Waals surface area contributed by atoms with Crippen molar-refractivity contribution in [2.45, 2.75) is 63.6 Å². The van der Waals surface area contributed by atoms with Crippen LogP contribution in [0.4, 0.5) is 0 Å². The molecule has 2 heterocycles. The molecule has 0 bridgehead atoms. The van der Waals surface area contributed by atoms with Gasteiger partial charge in [0.05, 0.1) is 6.04 Å². The maximum Gasteiger partial charge on any atom is 0.237 e. The molecule has 5 heteroatoms. The van der Waals surface area contributed by atoms with Crippen LogP contribution in [0.3, 0.4) is 0 Å². The molecule has 1 aliphatic heterocycles. The maximum atomic E-state index is 12.2. The molecule has 1 amide bonds. The van der Waals surface area contributed by atoms with Gasteiger partial charge in [-0.05, 0) is 44.1 Å². The van der Waals surface area contributed by atoms with Crippen molar-refractivity contribution in [3.05, 3.63) is 18.5 Å². The van der Waals surface area contributed by atoms with Gasteiger partial charge in [-0.3, -0.25) is 9.48 Å². The zero-order valence-corrected chi connectivity index (χ0v) is 12.6. The lowest BCUT2D eigenvalue weighted by Gasteiger charge is -2.39. The zero-order valence-electron chi connectivity index (χ0n) is 12.6. The number of nitrogens with zero attached hydrogens (tertiary/aromatic N) is 2. The first-order valence-corrected chi connectivity index (χ1v) is 8.34. The summed E-state index contributed by atoms with van der Waals surface area (Å²) in [5.41, 5.74) is 0. The maximum absolute atomic E-state index is 12.2. The van der Waals surface area contributed by atoms with Gasteiger partial charge in [0.25, 0.3) is 0 Å². The zero-order chi connectivity index (χ0) is 14.5. The van der Waals surface area contributed by atoms with Crippen molar-refractivity contribution < 1.29 is 4.79 Å². The number of hydrogen-bond donors (Lipinski definition) is 2. The van der Waals surface area contributed by atoms with E-state index in [0.29, 0.717) is 6.04 Å². The number of fused-ring (bicyclic) bond motifs is 1. The molecule has 2 N–H and O–H groups in total. The molecule has 3 rings (SSSR count). The Kier molecular flexibility index (Phi) is 4.91. The fourth-order valence-electron chi connectivity index (χ4n) is 3.71. The topological polar surface area (TPSA) is 59.0 Å². The van der Waals surface area contributed by atoms with E-state index in [1.54, 1.807) is 6.20 Å². The fraction of sp³-hybridized carbons (Fsp3) is 0.750. The second kappa shape index (κ2) is 7.07. The Hall–Kier alpha value is -1.36. The van der Waals surface area contributed by atoms with E-state index in [-0.39, 0.29) is 11.9 Å².